The monoisotopic (exact) mass is 219 g/mol. The topological polar surface area (TPSA) is 32.3 Å². The maximum absolute atomic E-state index is 9.71. The molecule has 1 fully saturated rings. The summed E-state index contributed by atoms with van der Waals surface area (Å²) < 4.78 is 0. The van der Waals surface area contributed by atoms with Crippen LogP contribution in [-0.4, -0.2) is 17.8 Å². The van der Waals surface area contributed by atoms with Crippen molar-refractivity contribution in [2.45, 2.75) is 39.3 Å². The SMILES string of the molecule is Cc1cc(C)cc(CNCC(O)C2CC2)c1. The third-order valence-electron chi connectivity index (χ3n) is 3.13. The number of rotatable bonds is 5. The van der Waals surface area contributed by atoms with Gasteiger partial charge >= 0.3 is 0 Å². The molecular formula is C14H21NO. The van der Waals surface area contributed by atoms with Gasteiger partial charge in [0, 0.05) is 13.1 Å². The van der Waals surface area contributed by atoms with E-state index in [-0.39, 0.29) is 6.10 Å². The number of nitrogens with one attached hydrogen (secondary N) is 1. The molecule has 0 aliphatic heterocycles. The number of hydrogen-bond donors (Lipinski definition) is 2. The Morgan fingerprint density at radius 3 is 2.44 bits per heavy atom. The Bertz CT molecular complexity index is 338. The summed E-state index contributed by atoms with van der Waals surface area (Å²) in [6.07, 6.45) is 2.25. The molecule has 1 unspecified atom stereocenters. The second-order valence-corrected chi connectivity index (χ2v) is 5.03. The van der Waals surface area contributed by atoms with Crippen LogP contribution in [0.5, 0.6) is 0 Å². The van der Waals surface area contributed by atoms with Gasteiger partial charge in [0.2, 0.25) is 0 Å². The molecule has 0 bridgehead atoms. The number of aliphatic hydroxyl groups excluding tert-OH is 1. The predicted molar refractivity (Wildman–Crippen MR) is 66.4 cm³/mol. The first-order valence-electron chi connectivity index (χ1n) is 6.11. The fourth-order valence-corrected chi connectivity index (χ4v) is 2.18. The van der Waals surface area contributed by atoms with E-state index in [1.807, 2.05) is 0 Å². The summed E-state index contributed by atoms with van der Waals surface area (Å²) in [6.45, 7) is 5.81. The van der Waals surface area contributed by atoms with E-state index < -0.39 is 0 Å². The molecule has 2 rings (SSSR count). The van der Waals surface area contributed by atoms with Crippen molar-refractivity contribution >= 4 is 0 Å². The fraction of sp³-hybridized carbons (Fsp3) is 0.571. The molecule has 0 amide bonds. The lowest BCUT2D eigenvalue weighted by Crippen LogP contribution is -2.27. The molecule has 1 atom stereocenters. The van der Waals surface area contributed by atoms with Gasteiger partial charge in [0.05, 0.1) is 6.10 Å². The van der Waals surface area contributed by atoms with Gasteiger partial charge in [0.25, 0.3) is 0 Å². The van der Waals surface area contributed by atoms with Crippen LogP contribution in [0.3, 0.4) is 0 Å². The van der Waals surface area contributed by atoms with Crippen molar-refractivity contribution in [2.75, 3.05) is 6.54 Å². The van der Waals surface area contributed by atoms with Crippen LogP contribution in [0.2, 0.25) is 0 Å². The van der Waals surface area contributed by atoms with E-state index in [4.69, 9.17) is 0 Å². The van der Waals surface area contributed by atoms with Gasteiger partial charge in [-0.15, -0.1) is 0 Å². The second-order valence-electron chi connectivity index (χ2n) is 5.03. The zero-order valence-electron chi connectivity index (χ0n) is 10.2. The van der Waals surface area contributed by atoms with Crippen LogP contribution in [0, 0.1) is 19.8 Å². The standard InChI is InChI=1S/C14H21NO/c1-10-5-11(2)7-12(6-10)8-15-9-14(16)13-3-4-13/h5-7,13-16H,3-4,8-9H2,1-2H3. The molecule has 2 nitrogen and oxygen atoms in total. The molecule has 0 heterocycles. The summed E-state index contributed by atoms with van der Waals surface area (Å²) in [5.74, 6) is 0.562. The molecule has 1 aromatic carbocycles. The van der Waals surface area contributed by atoms with Crippen LogP contribution in [0.1, 0.15) is 29.5 Å². The van der Waals surface area contributed by atoms with Gasteiger partial charge in [0.1, 0.15) is 0 Å². The Balaban J connectivity index is 1.79. The summed E-state index contributed by atoms with van der Waals surface area (Å²) in [7, 11) is 0. The minimum absolute atomic E-state index is 0.147. The number of benzene rings is 1. The van der Waals surface area contributed by atoms with Gasteiger partial charge in [-0.05, 0) is 38.2 Å². The van der Waals surface area contributed by atoms with Crippen molar-refractivity contribution in [3.63, 3.8) is 0 Å². The van der Waals surface area contributed by atoms with Gasteiger partial charge in [0.15, 0.2) is 0 Å². The maximum Gasteiger partial charge on any atom is 0.0692 e. The van der Waals surface area contributed by atoms with Crippen molar-refractivity contribution in [1.29, 1.82) is 0 Å². The molecule has 0 saturated heterocycles. The molecule has 1 aliphatic carbocycles. The van der Waals surface area contributed by atoms with Crippen LogP contribution in [0.4, 0.5) is 0 Å². The van der Waals surface area contributed by atoms with Gasteiger partial charge in [-0.25, -0.2) is 0 Å². The molecular weight excluding hydrogens is 198 g/mol. The molecule has 88 valence electrons. The Hall–Kier alpha value is -0.860. The highest BCUT2D eigenvalue weighted by atomic mass is 16.3. The first kappa shape index (κ1) is 11.6. The van der Waals surface area contributed by atoms with Crippen molar-refractivity contribution in [1.82, 2.24) is 5.32 Å². The Morgan fingerprint density at radius 1 is 1.25 bits per heavy atom. The smallest absolute Gasteiger partial charge is 0.0692 e. The molecule has 1 saturated carbocycles. The zero-order chi connectivity index (χ0) is 11.5. The van der Waals surface area contributed by atoms with Gasteiger partial charge in [-0.2, -0.15) is 0 Å². The highest BCUT2D eigenvalue weighted by molar-refractivity contribution is 5.28. The quantitative estimate of drug-likeness (QED) is 0.795. The van der Waals surface area contributed by atoms with Crippen LogP contribution in [0.25, 0.3) is 0 Å². The van der Waals surface area contributed by atoms with E-state index in [1.54, 1.807) is 0 Å². The predicted octanol–water partition coefficient (Wildman–Crippen LogP) is 2.16. The Labute approximate surface area is 97.7 Å². The van der Waals surface area contributed by atoms with Crippen LogP contribution in [0.15, 0.2) is 18.2 Å². The van der Waals surface area contributed by atoms with Crippen LogP contribution < -0.4 is 5.32 Å². The first-order chi connectivity index (χ1) is 7.65. The van der Waals surface area contributed by atoms with E-state index >= 15 is 0 Å². The lowest BCUT2D eigenvalue weighted by atomic mass is 10.1. The van der Waals surface area contributed by atoms with E-state index in [1.165, 1.54) is 29.5 Å². The number of aliphatic hydroxyl groups is 1. The van der Waals surface area contributed by atoms with Gasteiger partial charge in [-0.3, -0.25) is 0 Å². The highest BCUT2D eigenvalue weighted by Crippen LogP contribution is 2.32. The number of aryl methyl sites for hydroxylation is 2. The van der Waals surface area contributed by atoms with Crippen LogP contribution in [-0.2, 0) is 6.54 Å². The lowest BCUT2D eigenvalue weighted by molar-refractivity contribution is 0.148. The molecule has 16 heavy (non-hydrogen) atoms. The Kier molecular flexibility index (Phi) is 3.62. The van der Waals surface area contributed by atoms with Gasteiger partial charge < -0.3 is 10.4 Å². The minimum Gasteiger partial charge on any atom is -0.392 e. The molecule has 0 radical (unpaired) electrons. The highest BCUT2D eigenvalue weighted by Gasteiger charge is 2.28. The maximum atomic E-state index is 9.71. The third-order valence-corrected chi connectivity index (χ3v) is 3.13. The summed E-state index contributed by atoms with van der Waals surface area (Å²) >= 11 is 0. The largest absolute Gasteiger partial charge is 0.392 e. The average Bonchev–Trinajstić information content (AvgIpc) is 2.98. The molecule has 2 N–H and O–H groups in total. The summed E-state index contributed by atoms with van der Waals surface area (Å²) in [5.41, 5.74) is 3.92. The van der Waals surface area contributed by atoms with Crippen molar-refractivity contribution in [3.05, 3.63) is 34.9 Å². The molecule has 0 aromatic heterocycles. The molecule has 0 spiro atoms. The van der Waals surface area contributed by atoms with E-state index in [9.17, 15) is 5.11 Å². The Morgan fingerprint density at radius 2 is 1.88 bits per heavy atom. The first-order valence-corrected chi connectivity index (χ1v) is 6.11. The second kappa shape index (κ2) is 4.98. The fourth-order valence-electron chi connectivity index (χ4n) is 2.18. The normalized spacial score (nSPS) is 17.4. The molecule has 1 aliphatic rings. The van der Waals surface area contributed by atoms with E-state index in [0.717, 1.165) is 13.1 Å². The third kappa shape index (κ3) is 3.32. The lowest BCUT2D eigenvalue weighted by Gasteiger charge is -2.11. The van der Waals surface area contributed by atoms with Crippen molar-refractivity contribution < 1.29 is 5.11 Å². The number of hydrogen-bond acceptors (Lipinski definition) is 2. The van der Waals surface area contributed by atoms with Gasteiger partial charge in [-0.1, -0.05) is 29.3 Å². The summed E-state index contributed by atoms with van der Waals surface area (Å²) in [4.78, 5) is 0. The van der Waals surface area contributed by atoms with Crippen molar-refractivity contribution in [2.24, 2.45) is 5.92 Å². The minimum atomic E-state index is -0.147. The average molecular weight is 219 g/mol. The van der Waals surface area contributed by atoms with Crippen molar-refractivity contribution in [3.8, 4) is 0 Å². The van der Waals surface area contributed by atoms with Crippen LogP contribution >= 0.6 is 0 Å². The molecule has 2 heteroatoms. The summed E-state index contributed by atoms with van der Waals surface area (Å²) in [6, 6.07) is 6.58. The summed E-state index contributed by atoms with van der Waals surface area (Å²) in [5, 5.41) is 13.0. The van der Waals surface area contributed by atoms with E-state index in [0.29, 0.717) is 5.92 Å². The zero-order valence-corrected chi connectivity index (χ0v) is 10.2. The molecule has 1 aromatic rings. The van der Waals surface area contributed by atoms with E-state index in [2.05, 4.69) is 37.4 Å².